The lowest BCUT2D eigenvalue weighted by molar-refractivity contribution is 0.473. The molecule has 6 heteroatoms. The van der Waals surface area contributed by atoms with E-state index >= 15 is 0 Å². The number of rotatable bonds is 2. The van der Waals surface area contributed by atoms with Crippen LogP contribution in [0.1, 0.15) is 26.3 Å². The third-order valence-electron chi connectivity index (χ3n) is 3.13. The van der Waals surface area contributed by atoms with Crippen LogP contribution in [0.15, 0.2) is 41.4 Å². The second kappa shape index (κ2) is 5.13. The molecule has 0 amide bonds. The summed E-state index contributed by atoms with van der Waals surface area (Å²) in [4.78, 5) is 3.87. The van der Waals surface area contributed by atoms with Crippen molar-refractivity contribution in [1.82, 2.24) is 4.98 Å². The predicted molar refractivity (Wildman–Crippen MR) is 79.9 cm³/mol. The van der Waals surface area contributed by atoms with Crippen LogP contribution in [0.3, 0.4) is 0 Å². The summed E-state index contributed by atoms with van der Waals surface area (Å²) in [5.41, 5.74) is 0.747. The van der Waals surface area contributed by atoms with Crippen molar-refractivity contribution in [2.24, 2.45) is 0 Å². The summed E-state index contributed by atoms with van der Waals surface area (Å²) in [7, 11) is -4.37. The zero-order valence-corrected chi connectivity index (χ0v) is 12.8. The van der Waals surface area contributed by atoms with Crippen molar-refractivity contribution in [3.05, 3.63) is 42.1 Å². The second-order valence-electron chi connectivity index (χ2n) is 5.81. The van der Waals surface area contributed by atoms with E-state index in [1.807, 2.05) is 20.8 Å². The molecule has 1 aromatic carbocycles. The van der Waals surface area contributed by atoms with Gasteiger partial charge in [-0.2, -0.15) is 8.42 Å². The molecule has 112 valence electrons. The average Bonchev–Trinajstić information content (AvgIpc) is 2.36. The monoisotopic (exact) mass is 307 g/mol. The Kier molecular flexibility index (Phi) is 3.78. The average molecular weight is 307 g/mol. The number of pyridine rings is 1. The van der Waals surface area contributed by atoms with Crippen LogP contribution in [0.2, 0.25) is 0 Å². The first-order valence-electron chi connectivity index (χ1n) is 6.37. The highest BCUT2D eigenvalue weighted by molar-refractivity contribution is 7.85. The number of nitrogens with zero attached hydrogens (tertiary/aromatic N) is 1. The van der Waals surface area contributed by atoms with E-state index in [1.54, 1.807) is 18.2 Å². The molecular formula is C15H17NO4S. The molecule has 0 unspecified atom stereocenters. The molecule has 0 atom stereocenters. The van der Waals surface area contributed by atoms with Crippen molar-refractivity contribution in [3.8, 4) is 17.0 Å². The van der Waals surface area contributed by atoms with Crippen molar-refractivity contribution in [3.63, 3.8) is 0 Å². The highest BCUT2D eigenvalue weighted by Gasteiger charge is 2.25. The van der Waals surface area contributed by atoms with Crippen LogP contribution in [0.25, 0.3) is 11.3 Å². The van der Waals surface area contributed by atoms with Crippen molar-refractivity contribution < 1.29 is 18.1 Å². The van der Waals surface area contributed by atoms with E-state index in [1.165, 1.54) is 18.3 Å². The maximum Gasteiger partial charge on any atom is 0.294 e. The Hall–Kier alpha value is -1.92. The van der Waals surface area contributed by atoms with Crippen molar-refractivity contribution in [2.75, 3.05) is 0 Å². The number of hydrogen-bond donors (Lipinski definition) is 2. The first-order chi connectivity index (χ1) is 9.60. The number of aromatic hydroxyl groups is 1. The van der Waals surface area contributed by atoms with E-state index in [2.05, 4.69) is 4.98 Å². The van der Waals surface area contributed by atoms with Gasteiger partial charge in [-0.1, -0.05) is 32.9 Å². The molecule has 21 heavy (non-hydrogen) atoms. The van der Waals surface area contributed by atoms with Crippen molar-refractivity contribution >= 4 is 10.1 Å². The van der Waals surface area contributed by atoms with Gasteiger partial charge in [0.2, 0.25) is 0 Å². The summed E-state index contributed by atoms with van der Waals surface area (Å²) in [6.45, 7) is 5.57. The van der Waals surface area contributed by atoms with Gasteiger partial charge in [0.1, 0.15) is 11.4 Å². The summed E-state index contributed by atoms with van der Waals surface area (Å²) < 4.78 is 32.7. The molecular weight excluding hydrogens is 290 g/mol. The zero-order chi connectivity index (χ0) is 15.8. The molecule has 0 fully saturated rings. The van der Waals surface area contributed by atoms with Gasteiger partial charge in [0.05, 0.1) is 4.90 Å². The summed E-state index contributed by atoms with van der Waals surface area (Å²) in [5.74, 6) is -0.0534. The highest BCUT2D eigenvalue weighted by atomic mass is 32.2. The van der Waals surface area contributed by atoms with Crippen LogP contribution in [-0.2, 0) is 15.5 Å². The fourth-order valence-electron chi connectivity index (χ4n) is 2.12. The minimum atomic E-state index is -4.37. The van der Waals surface area contributed by atoms with E-state index in [4.69, 9.17) is 0 Å². The zero-order valence-electron chi connectivity index (χ0n) is 12.0. The van der Waals surface area contributed by atoms with Gasteiger partial charge in [0, 0.05) is 11.8 Å². The second-order valence-corrected chi connectivity index (χ2v) is 7.20. The summed E-state index contributed by atoms with van der Waals surface area (Å²) in [6, 6.07) is 7.68. The van der Waals surface area contributed by atoms with Gasteiger partial charge < -0.3 is 5.11 Å². The van der Waals surface area contributed by atoms with Crippen molar-refractivity contribution in [1.29, 1.82) is 0 Å². The summed E-state index contributed by atoms with van der Waals surface area (Å²) in [5, 5.41) is 9.81. The van der Waals surface area contributed by atoms with Gasteiger partial charge in [0.15, 0.2) is 0 Å². The lowest BCUT2D eigenvalue weighted by Gasteiger charge is -2.22. The Bertz CT molecular complexity index is 777. The molecule has 0 radical (unpaired) electrons. The Labute approximate surface area is 124 Å². The van der Waals surface area contributed by atoms with Crippen LogP contribution in [0.4, 0.5) is 0 Å². The van der Waals surface area contributed by atoms with Crippen LogP contribution in [0.5, 0.6) is 5.75 Å². The van der Waals surface area contributed by atoms with E-state index in [-0.39, 0.29) is 16.3 Å². The molecule has 0 aliphatic rings. The Morgan fingerprint density at radius 2 is 1.81 bits per heavy atom. The molecule has 2 N–H and O–H groups in total. The third-order valence-corrected chi connectivity index (χ3v) is 4.02. The SMILES string of the molecule is CC(C)(C)c1ccc(-c2ncccc2O)cc1S(=O)(=O)O. The first kappa shape index (κ1) is 15.5. The molecule has 0 aliphatic heterocycles. The largest absolute Gasteiger partial charge is 0.506 e. The molecule has 0 bridgehead atoms. The minimum Gasteiger partial charge on any atom is -0.506 e. The van der Waals surface area contributed by atoms with Crippen LogP contribution < -0.4 is 0 Å². The van der Waals surface area contributed by atoms with Crippen LogP contribution in [0, 0.1) is 0 Å². The van der Waals surface area contributed by atoms with Gasteiger partial charge in [-0.15, -0.1) is 0 Å². The maximum atomic E-state index is 11.6. The minimum absolute atomic E-state index is 0.0534. The Balaban J connectivity index is 2.73. The van der Waals surface area contributed by atoms with Crippen molar-refractivity contribution in [2.45, 2.75) is 31.1 Å². The molecule has 0 aliphatic carbocycles. The molecule has 2 aromatic rings. The Morgan fingerprint density at radius 3 is 2.33 bits per heavy atom. The van der Waals surface area contributed by atoms with E-state index in [0.29, 0.717) is 11.1 Å². The van der Waals surface area contributed by atoms with Crippen LogP contribution >= 0.6 is 0 Å². The number of hydrogen-bond acceptors (Lipinski definition) is 4. The highest BCUT2D eigenvalue weighted by Crippen LogP contribution is 2.34. The van der Waals surface area contributed by atoms with Crippen LogP contribution in [-0.4, -0.2) is 23.1 Å². The molecule has 1 aromatic heterocycles. The molecule has 0 saturated heterocycles. The van der Waals surface area contributed by atoms with E-state index < -0.39 is 15.5 Å². The quantitative estimate of drug-likeness (QED) is 0.833. The lowest BCUT2D eigenvalue weighted by atomic mass is 9.86. The van der Waals surface area contributed by atoms with E-state index in [0.717, 1.165) is 0 Å². The van der Waals surface area contributed by atoms with Gasteiger partial charge in [-0.05, 0) is 29.2 Å². The number of aromatic nitrogens is 1. The van der Waals surface area contributed by atoms with Gasteiger partial charge >= 0.3 is 0 Å². The van der Waals surface area contributed by atoms with Gasteiger partial charge in [-0.25, -0.2) is 0 Å². The Morgan fingerprint density at radius 1 is 1.14 bits per heavy atom. The fraction of sp³-hybridized carbons (Fsp3) is 0.267. The summed E-state index contributed by atoms with van der Waals surface area (Å²) in [6.07, 6.45) is 1.50. The summed E-state index contributed by atoms with van der Waals surface area (Å²) >= 11 is 0. The normalized spacial score (nSPS) is 12.4. The molecule has 0 saturated carbocycles. The predicted octanol–water partition coefficient (Wildman–Crippen LogP) is 3.00. The first-order valence-corrected chi connectivity index (χ1v) is 7.81. The lowest BCUT2D eigenvalue weighted by Crippen LogP contribution is -2.16. The smallest absolute Gasteiger partial charge is 0.294 e. The standard InChI is InChI=1S/C15H17NO4S/c1-15(2,3)11-7-6-10(9-13(11)21(18,19)20)14-12(17)5-4-8-16-14/h4-9,17H,1-3H3,(H,18,19,20). The molecule has 2 rings (SSSR count). The van der Waals surface area contributed by atoms with Gasteiger partial charge in [-0.3, -0.25) is 9.54 Å². The van der Waals surface area contributed by atoms with E-state index in [9.17, 15) is 18.1 Å². The number of benzene rings is 1. The van der Waals surface area contributed by atoms with Gasteiger partial charge in [0.25, 0.3) is 10.1 Å². The fourth-order valence-corrected chi connectivity index (χ4v) is 3.05. The molecule has 0 spiro atoms. The third kappa shape index (κ3) is 3.22. The molecule has 5 nitrogen and oxygen atoms in total. The maximum absolute atomic E-state index is 11.6. The topological polar surface area (TPSA) is 87.5 Å². The molecule has 1 heterocycles.